The van der Waals surface area contributed by atoms with E-state index in [0.717, 1.165) is 38.9 Å². The van der Waals surface area contributed by atoms with E-state index >= 15 is 0 Å². The number of carbonyl (C=O) groups excluding carboxylic acids is 1. The monoisotopic (exact) mass is 279 g/mol. The average molecular weight is 279 g/mol. The third-order valence-corrected chi connectivity index (χ3v) is 3.89. The Labute approximate surface area is 118 Å². The Hall–Kier alpha value is -1.40. The standard InChI is InChI=1S/C14H21N3O3/c18-14(16-6-5-15-11-16)17(9-12-3-1-7-19-12)10-13-4-2-8-20-13/h5-6,11-13H,1-4,7-10H2. The molecule has 2 saturated heterocycles. The number of amides is 1. The minimum absolute atomic E-state index is 0.0477. The van der Waals surface area contributed by atoms with E-state index < -0.39 is 0 Å². The summed E-state index contributed by atoms with van der Waals surface area (Å²) in [5, 5.41) is 0. The van der Waals surface area contributed by atoms with Crippen LogP contribution in [0, 0.1) is 0 Å². The van der Waals surface area contributed by atoms with Crippen molar-refractivity contribution in [2.45, 2.75) is 37.9 Å². The summed E-state index contributed by atoms with van der Waals surface area (Å²) >= 11 is 0. The molecule has 2 unspecified atom stereocenters. The van der Waals surface area contributed by atoms with Gasteiger partial charge in [-0.1, -0.05) is 0 Å². The molecule has 2 aliphatic heterocycles. The summed E-state index contributed by atoms with van der Waals surface area (Å²) in [7, 11) is 0. The normalized spacial score (nSPS) is 26.0. The van der Waals surface area contributed by atoms with Gasteiger partial charge in [0.1, 0.15) is 6.33 Å². The predicted molar refractivity (Wildman–Crippen MR) is 72.5 cm³/mol. The topological polar surface area (TPSA) is 56.6 Å². The number of rotatable bonds is 4. The van der Waals surface area contributed by atoms with E-state index in [4.69, 9.17) is 9.47 Å². The zero-order chi connectivity index (χ0) is 13.8. The van der Waals surface area contributed by atoms with Crippen LogP contribution in [0.3, 0.4) is 0 Å². The number of hydrogen-bond donors (Lipinski definition) is 0. The molecule has 0 radical (unpaired) electrons. The SMILES string of the molecule is O=C(N(CC1CCCO1)CC1CCCO1)n1ccnc1. The minimum Gasteiger partial charge on any atom is -0.376 e. The molecule has 0 aromatic carbocycles. The highest BCUT2D eigenvalue weighted by Gasteiger charge is 2.27. The van der Waals surface area contributed by atoms with Gasteiger partial charge in [-0.25, -0.2) is 9.78 Å². The summed E-state index contributed by atoms with van der Waals surface area (Å²) in [6.07, 6.45) is 9.37. The van der Waals surface area contributed by atoms with Crippen LogP contribution >= 0.6 is 0 Å². The van der Waals surface area contributed by atoms with Gasteiger partial charge in [-0.15, -0.1) is 0 Å². The largest absolute Gasteiger partial charge is 0.376 e. The lowest BCUT2D eigenvalue weighted by atomic mass is 10.2. The van der Waals surface area contributed by atoms with Crippen molar-refractivity contribution in [3.05, 3.63) is 18.7 Å². The molecule has 0 saturated carbocycles. The van der Waals surface area contributed by atoms with E-state index in [1.165, 1.54) is 4.57 Å². The Kier molecular flexibility index (Phi) is 4.32. The van der Waals surface area contributed by atoms with E-state index in [0.29, 0.717) is 13.1 Å². The molecule has 0 aliphatic carbocycles. The van der Waals surface area contributed by atoms with Gasteiger partial charge >= 0.3 is 6.03 Å². The molecule has 0 spiro atoms. The quantitative estimate of drug-likeness (QED) is 0.838. The zero-order valence-corrected chi connectivity index (χ0v) is 11.6. The number of carbonyl (C=O) groups is 1. The molecule has 1 aromatic heterocycles. The summed E-state index contributed by atoms with van der Waals surface area (Å²) < 4.78 is 12.8. The molecule has 2 fully saturated rings. The second kappa shape index (κ2) is 6.37. The van der Waals surface area contributed by atoms with Gasteiger partial charge in [0.05, 0.1) is 12.2 Å². The summed E-state index contributed by atoms with van der Waals surface area (Å²) in [5.41, 5.74) is 0. The van der Waals surface area contributed by atoms with Crippen LogP contribution in [-0.2, 0) is 9.47 Å². The zero-order valence-electron chi connectivity index (χ0n) is 11.6. The van der Waals surface area contributed by atoms with Crippen molar-refractivity contribution in [1.29, 1.82) is 0 Å². The molecule has 0 N–H and O–H groups in total. The molecule has 3 rings (SSSR count). The maximum Gasteiger partial charge on any atom is 0.329 e. The Morgan fingerprint density at radius 1 is 1.20 bits per heavy atom. The van der Waals surface area contributed by atoms with Gasteiger partial charge in [0, 0.05) is 38.7 Å². The highest BCUT2D eigenvalue weighted by atomic mass is 16.5. The molecule has 6 heteroatoms. The predicted octanol–water partition coefficient (Wildman–Crippen LogP) is 1.51. The molecule has 110 valence electrons. The second-order valence-electron chi connectivity index (χ2n) is 5.43. The molecule has 2 atom stereocenters. The number of hydrogen-bond acceptors (Lipinski definition) is 4. The van der Waals surface area contributed by atoms with Gasteiger partial charge in [0.25, 0.3) is 0 Å². The van der Waals surface area contributed by atoms with E-state index in [-0.39, 0.29) is 18.2 Å². The smallest absolute Gasteiger partial charge is 0.329 e. The lowest BCUT2D eigenvalue weighted by Crippen LogP contribution is -2.43. The van der Waals surface area contributed by atoms with Crippen LogP contribution in [0.5, 0.6) is 0 Å². The van der Waals surface area contributed by atoms with Crippen molar-refractivity contribution in [2.24, 2.45) is 0 Å². The van der Waals surface area contributed by atoms with E-state index in [2.05, 4.69) is 4.98 Å². The maximum absolute atomic E-state index is 12.5. The highest BCUT2D eigenvalue weighted by Crippen LogP contribution is 2.18. The van der Waals surface area contributed by atoms with Crippen LogP contribution in [0.1, 0.15) is 25.7 Å². The minimum atomic E-state index is -0.0477. The molecule has 1 amide bonds. The lowest BCUT2D eigenvalue weighted by molar-refractivity contribution is 0.0501. The van der Waals surface area contributed by atoms with Gasteiger partial charge in [-0.3, -0.25) is 4.57 Å². The summed E-state index contributed by atoms with van der Waals surface area (Å²) in [6, 6.07) is -0.0477. The van der Waals surface area contributed by atoms with Gasteiger partial charge in [-0.05, 0) is 25.7 Å². The summed E-state index contributed by atoms with van der Waals surface area (Å²) in [6.45, 7) is 2.88. The molecule has 3 heterocycles. The Balaban J connectivity index is 1.66. The Morgan fingerprint density at radius 3 is 2.30 bits per heavy atom. The van der Waals surface area contributed by atoms with Crippen LogP contribution in [0.2, 0.25) is 0 Å². The third kappa shape index (κ3) is 3.19. The van der Waals surface area contributed by atoms with Crippen LogP contribution in [0.4, 0.5) is 4.79 Å². The third-order valence-electron chi connectivity index (χ3n) is 3.89. The molecular formula is C14H21N3O3. The average Bonchev–Trinajstić information content (AvgIpc) is 3.20. The van der Waals surface area contributed by atoms with E-state index in [1.54, 1.807) is 18.7 Å². The molecule has 2 aliphatic rings. The molecule has 20 heavy (non-hydrogen) atoms. The number of ether oxygens (including phenoxy) is 2. The van der Waals surface area contributed by atoms with Crippen molar-refractivity contribution in [1.82, 2.24) is 14.5 Å². The van der Waals surface area contributed by atoms with Crippen molar-refractivity contribution >= 4 is 6.03 Å². The van der Waals surface area contributed by atoms with Gasteiger partial charge in [0.15, 0.2) is 0 Å². The highest BCUT2D eigenvalue weighted by molar-refractivity contribution is 5.76. The van der Waals surface area contributed by atoms with Crippen molar-refractivity contribution < 1.29 is 14.3 Å². The number of nitrogens with zero attached hydrogens (tertiary/aromatic N) is 3. The molecule has 1 aromatic rings. The van der Waals surface area contributed by atoms with E-state index in [9.17, 15) is 4.79 Å². The first kappa shape index (κ1) is 13.6. The van der Waals surface area contributed by atoms with Crippen LogP contribution < -0.4 is 0 Å². The summed E-state index contributed by atoms with van der Waals surface area (Å²) in [4.78, 5) is 18.3. The van der Waals surface area contributed by atoms with Crippen molar-refractivity contribution in [3.8, 4) is 0 Å². The first-order valence-corrected chi connectivity index (χ1v) is 7.33. The fourth-order valence-electron chi connectivity index (χ4n) is 2.83. The molecular weight excluding hydrogens is 258 g/mol. The van der Waals surface area contributed by atoms with Gasteiger partial charge < -0.3 is 14.4 Å². The van der Waals surface area contributed by atoms with Crippen molar-refractivity contribution in [3.63, 3.8) is 0 Å². The fraction of sp³-hybridized carbons (Fsp3) is 0.714. The first-order chi connectivity index (χ1) is 9.83. The summed E-state index contributed by atoms with van der Waals surface area (Å²) in [5.74, 6) is 0. The lowest BCUT2D eigenvalue weighted by Gasteiger charge is -2.27. The second-order valence-corrected chi connectivity index (χ2v) is 5.43. The Morgan fingerprint density at radius 2 is 1.85 bits per heavy atom. The number of imidazole rings is 1. The van der Waals surface area contributed by atoms with Gasteiger partial charge in [0.2, 0.25) is 0 Å². The molecule has 6 nitrogen and oxygen atoms in total. The maximum atomic E-state index is 12.5. The van der Waals surface area contributed by atoms with E-state index in [1.807, 2.05) is 4.90 Å². The van der Waals surface area contributed by atoms with Crippen LogP contribution in [0.15, 0.2) is 18.7 Å². The number of aromatic nitrogens is 2. The Bertz CT molecular complexity index is 405. The molecule has 0 bridgehead atoms. The van der Waals surface area contributed by atoms with Crippen molar-refractivity contribution in [2.75, 3.05) is 26.3 Å². The van der Waals surface area contributed by atoms with Crippen LogP contribution in [-0.4, -0.2) is 59.0 Å². The van der Waals surface area contributed by atoms with Gasteiger partial charge in [-0.2, -0.15) is 0 Å². The first-order valence-electron chi connectivity index (χ1n) is 7.33. The fourth-order valence-corrected chi connectivity index (χ4v) is 2.83. The van der Waals surface area contributed by atoms with Crippen LogP contribution in [0.25, 0.3) is 0 Å².